The van der Waals surface area contributed by atoms with Gasteiger partial charge in [0, 0.05) is 5.02 Å². The minimum atomic E-state index is -4.34. The predicted molar refractivity (Wildman–Crippen MR) is 141 cm³/mol. The Morgan fingerprint density at radius 1 is 0.919 bits per heavy atom. The molecular formula is C27H22ClFN2O5S. The number of nitrogens with one attached hydrogen (secondary N) is 1. The first-order valence-electron chi connectivity index (χ1n) is 11.0. The molecule has 0 saturated carbocycles. The first kappa shape index (κ1) is 26.0. The molecule has 10 heteroatoms. The summed E-state index contributed by atoms with van der Waals surface area (Å²) < 4.78 is 53.5. The molecule has 190 valence electrons. The van der Waals surface area contributed by atoms with Crippen molar-refractivity contribution in [2.75, 3.05) is 23.3 Å². The molecule has 7 nitrogen and oxygen atoms in total. The summed E-state index contributed by atoms with van der Waals surface area (Å²) in [6.07, 6.45) is 0. The first-order chi connectivity index (χ1) is 17.8. The number of ether oxygens (including phenoxy) is 2. The molecule has 4 rings (SSSR count). The molecule has 0 saturated heterocycles. The van der Waals surface area contributed by atoms with E-state index in [0.717, 1.165) is 6.07 Å². The Bertz CT molecular complexity index is 1500. The van der Waals surface area contributed by atoms with Crippen LogP contribution in [0.3, 0.4) is 0 Å². The van der Waals surface area contributed by atoms with Gasteiger partial charge in [0.05, 0.1) is 23.4 Å². The van der Waals surface area contributed by atoms with Crippen LogP contribution in [0, 0.1) is 5.82 Å². The zero-order valence-corrected chi connectivity index (χ0v) is 21.2. The van der Waals surface area contributed by atoms with E-state index in [2.05, 4.69) is 5.32 Å². The fourth-order valence-corrected chi connectivity index (χ4v) is 5.05. The van der Waals surface area contributed by atoms with Gasteiger partial charge in [-0.3, -0.25) is 9.10 Å². The minimum absolute atomic E-state index is 0.139. The van der Waals surface area contributed by atoms with Gasteiger partial charge in [-0.05, 0) is 66.7 Å². The van der Waals surface area contributed by atoms with Gasteiger partial charge in [0.15, 0.2) is 5.75 Å². The Kier molecular flexibility index (Phi) is 7.95. The van der Waals surface area contributed by atoms with Gasteiger partial charge in [0.2, 0.25) is 5.91 Å². The highest BCUT2D eigenvalue weighted by atomic mass is 35.5. The molecule has 1 amide bonds. The topological polar surface area (TPSA) is 84.9 Å². The van der Waals surface area contributed by atoms with Gasteiger partial charge in [-0.15, -0.1) is 0 Å². The fraction of sp³-hybridized carbons (Fsp3) is 0.0741. The van der Waals surface area contributed by atoms with Crippen LogP contribution in [-0.2, 0) is 14.8 Å². The fourth-order valence-electron chi connectivity index (χ4n) is 3.45. The maximum Gasteiger partial charge on any atom is 0.264 e. The van der Waals surface area contributed by atoms with Crippen LogP contribution in [0.5, 0.6) is 17.2 Å². The van der Waals surface area contributed by atoms with E-state index in [1.165, 1.54) is 55.6 Å². The number of anilines is 2. The molecule has 0 aliphatic heterocycles. The van der Waals surface area contributed by atoms with Crippen molar-refractivity contribution in [1.29, 1.82) is 0 Å². The Hall–Kier alpha value is -4.08. The number of halogens is 2. The lowest BCUT2D eigenvalue weighted by Crippen LogP contribution is -2.38. The minimum Gasteiger partial charge on any atom is -0.497 e. The Balaban J connectivity index is 1.65. The number of para-hydroxylation sites is 2. The maximum atomic E-state index is 14.7. The second-order valence-electron chi connectivity index (χ2n) is 7.74. The predicted octanol–water partition coefficient (Wildman–Crippen LogP) is 6.11. The molecule has 4 aromatic rings. The lowest BCUT2D eigenvalue weighted by molar-refractivity contribution is -0.114. The van der Waals surface area contributed by atoms with E-state index in [9.17, 15) is 17.6 Å². The van der Waals surface area contributed by atoms with Crippen LogP contribution in [0.2, 0.25) is 5.02 Å². The monoisotopic (exact) mass is 540 g/mol. The molecule has 0 atom stereocenters. The normalized spacial score (nSPS) is 11.0. The number of carbonyl (C=O) groups excluding carboxylic acids is 1. The Morgan fingerprint density at radius 3 is 2.27 bits per heavy atom. The third-order valence-corrected chi connectivity index (χ3v) is 7.25. The van der Waals surface area contributed by atoms with E-state index in [-0.39, 0.29) is 16.3 Å². The highest BCUT2D eigenvalue weighted by Gasteiger charge is 2.29. The molecule has 0 spiro atoms. The van der Waals surface area contributed by atoms with Crippen molar-refractivity contribution in [3.8, 4) is 17.2 Å². The number of sulfonamides is 1. The standard InChI is InChI=1S/C27H22ClFN2O5S/c1-35-20-12-14-22(15-13-20)37(33,34)31(25-10-6-5-9-23(25)29)18-27(32)30-24-17-19(28)11-16-26(24)36-21-7-3-2-4-8-21/h2-17H,18H2,1H3,(H,30,32). The molecule has 0 unspecified atom stereocenters. The lowest BCUT2D eigenvalue weighted by atomic mass is 10.2. The van der Waals surface area contributed by atoms with Crippen LogP contribution in [0.25, 0.3) is 0 Å². The molecule has 0 aliphatic carbocycles. The van der Waals surface area contributed by atoms with Crippen molar-refractivity contribution in [3.05, 3.63) is 108 Å². The average molecular weight is 541 g/mol. The third kappa shape index (κ3) is 6.19. The summed E-state index contributed by atoms with van der Waals surface area (Å²) in [5, 5.41) is 2.96. The number of hydrogen-bond donors (Lipinski definition) is 1. The molecule has 0 bridgehead atoms. The summed E-state index contributed by atoms with van der Waals surface area (Å²) >= 11 is 6.13. The molecule has 0 heterocycles. The summed E-state index contributed by atoms with van der Waals surface area (Å²) in [5.41, 5.74) is -0.0583. The number of rotatable bonds is 9. The van der Waals surface area contributed by atoms with Gasteiger partial charge in [0.25, 0.3) is 10.0 Å². The van der Waals surface area contributed by atoms with Crippen molar-refractivity contribution in [2.24, 2.45) is 0 Å². The van der Waals surface area contributed by atoms with Gasteiger partial charge in [-0.1, -0.05) is 41.9 Å². The van der Waals surface area contributed by atoms with E-state index in [0.29, 0.717) is 26.6 Å². The van der Waals surface area contributed by atoms with Crippen molar-refractivity contribution in [3.63, 3.8) is 0 Å². The zero-order chi connectivity index (χ0) is 26.4. The summed E-state index contributed by atoms with van der Waals surface area (Å²) in [6.45, 7) is -0.716. The van der Waals surface area contributed by atoms with Gasteiger partial charge in [0.1, 0.15) is 23.9 Å². The third-order valence-electron chi connectivity index (χ3n) is 5.24. The summed E-state index contributed by atoms with van der Waals surface area (Å²) in [4.78, 5) is 13.0. The highest BCUT2D eigenvalue weighted by Crippen LogP contribution is 2.33. The van der Waals surface area contributed by atoms with Crippen LogP contribution >= 0.6 is 11.6 Å². The van der Waals surface area contributed by atoms with Crippen LogP contribution in [0.4, 0.5) is 15.8 Å². The second kappa shape index (κ2) is 11.3. The molecule has 0 aromatic heterocycles. The number of carbonyl (C=O) groups is 1. The van der Waals surface area contributed by atoms with E-state index >= 15 is 0 Å². The number of hydrogen-bond acceptors (Lipinski definition) is 5. The number of methoxy groups -OCH3 is 1. The van der Waals surface area contributed by atoms with Crippen molar-refractivity contribution >= 4 is 38.9 Å². The highest BCUT2D eigenvalue weighted by molar-refractivity contribution is 7.92. The van der Waals surface area contributed by atoms with Gasteiger partial charge in [-0.25, -0.2) is 12.8 Å². The maximum absolute atomic E-state index is 14.7. The van der Waals surface area contributed by atoms with Gasteiger partial charge < -0.3 is 14.8 Å². The number of nitrogens with zero attached hydrogens (tertiary/aromatic N) is 1. The van der Waals surface area contributed by atoms with Gasteiger partial charge in [-0.2, -0.15) is 0 Å². The van der Waals surface area contributed by atoms with Crippen molar-refractivity contribution in [1.82, 2.24) is 0 Å². The molecule has 37 heavy (non-hydrogen) atoms. The van der Waals surface area contributed by atoms with Crippen LogP contribution < -0.4 is 19.1 Å². The van der Waals surface area contributed by atoms with E-state index < -0.39 is 28.3 Å². The van der Waals surface area contributed by atoms with E-state index in [1.807, 2.05) is 6.07 Å². The molecule has 0 radical (unpaired) electrons. The molecule has 0 fully saturated rings. The number of benzene rings is 4. The average Bonchev–Trinajstić information content (AvgIpc) is 2.90. The van der Waals surface area contributed by atoms with E-state index in [4.69, 9.17) is 21.1 Å². The largest absolute Gasteiger partial charge is 0.497 e. The SMILES string of the molecule is COc1ccc(S(=O)(=O)N(CC(=O)Nc2cc(Cl)ccc2Oc2ccccc2)c2ccccc2F)cc1. The molecular weight excluding hydrogens is 519 g/mol. The first-order valence-corrected chi connectivity index (χ1v) is 12.8. The van der Waals surface area contributed by atoms with Crippen LogP contribution in [0.1, 0.15) is 0 Å². The zero-order valence-electron chi connectivity index (χ0n) is 19.6. The summed E-state index contributed by atoms with van der Waals surface area (Å²) in [5.74, 6) is -0.278. The Labute approximate surface area is 219 Å². The van der Waals surface area contributed by atoms with Crippen LogP contribution in [-0.4, -0.2) is 28.0 Å². The summed E-state index contributed by atoms with van der Waals surface area (Å²) in [6, 6.07) is 24.4. The quantitative estimate of drug-likeness (QED) is 0.277. The molecule has 4 aromatic carbocycles. The second-order valence-corrected chi connectivity index (χ2v) is 10.0. The summed E-state index contributed by atoms with van der Waals surface area (Å²) in [7, 11) is -2.89. The van der Waals surface area contributed by atoms with Crippen molar-refractivity contribution < 1.29 is 27.1 Å². The lowest BCUT2D eigenvalue weighted by Gasteiger charge is -2.24. The van der Waals surface area contributed by atoms with Gasteiger partial charge >= 0.3 is 0 Å². The van der Waals surface area contributed by atoms with Crippen LogP contribution in [0.15, 0.2) is 102 Å². The molecule has 1 N–H and O–H groups in total. The molecule has 0 aliphatic rings. The van der Waals surface area contributed by atoms with E-state index in [1.54, 1.807) is 36.4 Å². The van der Waals surface area contributed by atoms with Crippen molar-refractivity contribution in [2.45, 2.75) is 4.90 Å². The smallest absolute Gasteiger partial charge is 0.264 e. The number of amides is 1. The Morgan fingerprint density at radius 2 is 1.59 bits per heavy atom.